The number of urea groups is 1. The maximum atomic E-state index is 13.1. The summed E-state index contributed by atoms with van der Waals surface area (Å²) in [6, 6.07) is 10.7. The standard InChI is InChI=1S/C22H32N4O3/c1-17(2)15-20(24-22(28)26-11-13-29-14-12-26)21(27)25(3)19(16-23)10-9-18-7-5-4-6-8-18/h4-8,17,19-20H,9-15H2,1-3H3,(H,24,28)/t19-,20-/m0/s1. The van der Waals surface area contributed by atoms with Crippen LogP contribution in [0.3, 0.4) is 0 Å². The first-order chi connectivity index (χ1) is 13.9. The molecule has 0 unspecified atom stereocenters. The zero-order chi connectivity index (χ0) is 21.2. The van der Waals surface area contributed by atoms with E-state index in [0.717, 1.165) is 5.56 Å². The number of nitrogens with zero attached hydrogens (tertiary/aromatic N) is 3. The molecule has 0 aromatic heterocycles. The molecule has 0 saturated carbocycles. The maximum absolute atomic E-state index is 13.1. The van der Waals surface area contributed by atoms with E-state index in [1.54, 1.807) is 11.9 Å². The fourth-order valence-electron chi connectivity index (χ4n) is 3.39. The molecular formula is C22H32N4O3. The Morgan fingerprint density at radius 1 is 1.24 bits per heavy atom. The number of benzene rings is 1. The minimum absolute atomic E-state index is 0.222. The molecule has 1 heterocycles. The van der Waals surface area contributed by atoms with E-state index < -0.39 is 12.1 Å². The number of morpholine rings is 1. The number of nitrogens with one attached hydrogen (secondary N) is 1. The van der Waals surface area contributed by atoms with Crippen LogP contribution < -0.4 is 5.32 Å². The molecule has 0 spiro atoms. The summed E-state index contributed by atoms with van der Waals surface area (Å²) in [4.78, 5) is 28.9. The van der Waals surface area contributed by atoms with Gasteiger partial charge >= 0.3 is 6.03 Å². The molecule has 1 aliphatic rings. The van der Waals surface area contributed by atoms with E-state index in [4.69, 9.17) is 4.74 Å². The smallest absolute Gasteiger partial charge is 0.318 e. The van der Waals surface area contributed by atoms with Crippen molar-refractivity contribution in [2.75, 3.05) is 33.4 Å². The molecule has 1 aliphatic heterocycles. The predicted molar refractivity (Wildman–Crippen MR) is 111 cm³/mol. The van der Waals surface area contributed by atoms with Crippen LogP contribution in [-0.4, -0.2) is 67.2 Å². The molecule has 2 rings (SSSR count). The lowest BCUT2D eigenvalue weighted by atomic mass is 10.0. The second kappa shape index (κ2) is 11.4. The molecule has 158 valence electrons. The number of ether oxygens (including phenoxy) is 1. The second-order valence-electron chi connectivity index (χ2n) is 7.85. The Morgan fingerprint density at radius 3 is 2.48 bits per heavy atom. The van der Waals surface area contributed by atoms with Crippen LogP contribution in [0.4, 0.5) is 4.79 Å². The van der Waals surface area contributed by atoms with Gasteiger partial charge in [0.05, 0.1) is 19.3 Å². The number of hydrogen-bond acceptors (Lipinski definition) is 4. The lowest BCUT2D eigenvalue weighted by Crippen LogP contribution is -2.55. The number of carbonyl (C=O) groups excluding carboxylic acids is 2. The lowest BCUT2D eigenvalue weighted by molar-refractivity contribution is -0.133. The molecule has 29 heavy (non-hydrogen) atoms. The van der Waals surface area contributed by atoms with Crippen LogP contribution in [0.5, 0.6) is 0 Å². The van der Waals surface area contributed by atoms with Crippen LogP contribution in [0.1, 0.15) is 32.3 Å². The Labute approximate surface area is 173 Å². The van der Waals surface area contributed by atoms with Crippen LogP contribution in [0.2, 0.25) is 0 Å². The molecule has 7 heteroatoms. The highest BCUT2D eigenvalue weighted by molar-refractivity contribution is 5.87. The molecule has 0 bridgehead atoms. The van der Waals surface area contributed by atoms with E-state index in [1.807, 2.05) is 44.2 Å². The summed E-state index contributed by atoms with van der Waals surface area (Å²) in [5.74, 6) is 0.00659. The molecule has 2 atom stereocenters. The topological polar surface area (TPSA) is 85.7 Å². The fourth-order valence-corrected chi connectivity index (χ4v) is 3.39. The molecule has 1 aromatic carbocycles. The van der Waals surface area contributed by atoms with Crippen molar-refractivity contribution < 1.29 is 14.3 Å². The highest BCUT2D eigenvalue weighted by Crippen LogP contribution is 2.14. The normalized spacial score (nSPS) is 16.0. The van der Waals surface area contributed by atoms with Crippen molar-refractivity contribution in [3.05, 3.63) is 35.9 Å². The largest absolute Gasteiger partial charge is 0.378 e. The van der Waals surface area contributed by atoms with Gasteiger partial charge in [-0.1, -0.05) is 44.2 Å². The van der Waals surface area contributed by atoms with Gasteiger partial charge in [-0.05, 0) is 30.7 Å². The SMILES string of the molecule is CC(C)C[C@H](NC(=O)N1CCOCC1)C(=O)N(C)[C@H](C#N)CCc1ccccc1. The van der Waals surface area contributed by atoms with Crippen molar-refractivity contribution in [1.29, 1.82) is 5.26 Å². The summed E-state index contributed by atoms with van der Waals surface area (Å²) in [6.45, 7) is 6.07. The minimum Gasteiger partial charge on any atom is -0.378 e. The Kier molecular flexibility index (Phi) is 8.94. The number of carbonyl (C=O) groups is 2. The Bertz CT molecular complexity index is 696. The van der Waals surface area contributed by atoms with E-state index in [2.05, 4.69) is 11.4 Å². The highest BCUT2D eigenvalue weighted by atomic mass is 16.5. The van der Waals surface area contributed by atoms with E-state index in [0.29, 0.717) is 45.6 Å². The van der Waals surface area contributed by atoms with Gasteiger partial charge in [0, 0.05) is 20.1 Å². The van der Waals surface area contributed by atoms with Crippen molar-refractivity contribution in [2.45, 2.75) is 45.2 Å². The van der Waals surface area contributed by atoms with E-state index in [1.165, 1.54) is 4.90 Å². The molecule has 0 aliphatic carbocycles. The average molecular weight is 401 g/mol. The van der Waals surface area contributed by atoms with Crippen LogP contribution in [0, 0.1) is 17.2 Å². The summed E-state index contributed by atoms with van der Waals surface area (Å²) < 4.78 is 5.28. The number of amides is 3. The summed E-state index contributed by atoms with van der Waals surface area (Å²) in [5.41, 5.74) is 1.13. The van der Waals surface area contributed by atoms with Crippen LogP contribution >= 0.6 is 0 Å². The van der Waals surface area contributed by atoms with Crippen molar-refractivity contribution in [2.24, 2.45) is 5.92 Å². The summed E-state index contributed by atoms with van der Waals surface area (Å²) in [6.07, 6.45) is 1.79. The molecule has 1 saturated heterocycles. The third kappa shape index (κ3) is 7.06. The zero-order valence-electron chi connectivity index (χ0n) is 17.6. The first-order valence-electron chi connectivity index (χ1n) is 10.3. The van der Waals surface area contributed by atoms with Gasteiger partial charge in [0.2, 0.25) is 5.91 Å². The van der Waals surface area contributed by atoms with Gasteiger partial charge in [0.1, 0.15) is 12.1 Å². The molecule has 3 amide bonds. The third-order valence-electron chi connectivity index (χ3n) is 5.11. The zero-order valence-corrected chi connectivity index (χ0v) is 17.6. The van der Waals surface area contributed by atoms with Crippen LogP contribution in [0.15, 0.2) is 30.3 Å². The van der Waals surface area contributed by atoms with E-state index >= 15 is 0 Å². The minimum atomic E-state index is -0.650. The third-order valence-corrected chi connectivity index (χ3v) is 5.11. The first-order valence-corrected chi connectivity index (χ1v) is 10.3. The predicted octanol–water partition coefficient (Wildman–Crippen LogP) is 2.43. The monoisotopic (exact) mass is 400 g/mol. The van der Waals surface area contributed by atoms with E-state index in [-0.39, 0.29) is 17.9 Å². The van der Waals surface area contributed by atoms with Gasteiger partial charge in [-0.25, -0.2) is 4.79 Å². The van der Waals surface area contributed by atoms with Gasteiger partial charge in [0.15, 0.2) is 0 Å². The fraction of sp³-hybridized carbons (Fsp3) is 0.591. The van der Waals surface area contributed by atoms with Gasteiger partial charge in [-0.15, -0.1) is 0 Å². The first kappa shape index (κ1) is 22.7. The Morgan fingerprint density at radius 2 is 1.90 bits per heavy atom. The van der Waals surface area contributed by atoms with Gasteiger partial charge in [-0.3, -0.25) is 4.79 Å². The highest BCUT2D eigenvalue weighted by Gasteiger charge is 2.30. The Balaban J connectivity index is 2.01. The number of rotatable bonds is 8. The summed E-state index contributed by atoms with van der Waals surface area (Å²) in [5, 5.41) is 12.5. The van der Waals surface area contributed by atoms with E-state index in [9.17, 15) is 14.9 Å². The number of nitriles is 1. The molecule has 7 nitrogen and oxygen atoms in total. The molecule has 1 N–H and O–H groups in total. The number of likely N-dealkylation sites (N-methyl/N-ethyl adjacent to an activating group) is 1. The Hall–Kier alpha value is -2.59. The van der Waals surface area contributed by atoms with Crippen molar-refractivity contribution in [1.82, 2.24) is 15.1 Å². The average Bonchev–Trinajstić information content (AvgIpc) is 2.74. The summed E-state index contributed by atoms with van der Waals surface area (Å²) >= 11 is 0. The summed E-state index contributed by atoms with van der Waals surface area (Å²) in [7, 11) is 1.65. The number of aryl methyl sites for hydroxylation is 1. The van der Waals surface area contributed by atoms with Gasteiger partial charge in [-0.2, -0.15) is 5.26 Å². The van der Waals surface area contributed by atoms with Crippen LogP contribution in [-0.2, 0) is 16.0 Å². The molecule has 0 radical (unpaired) electrons. The lowest BCUT2D eigenvalue weighted by Gasteiger charge is -2.32. The van der Waals surface area contributed by atoms with Crippen LogP contribution in [0.25, 0.3) is 0 Å². The molecule has 1 fully saturated rings. The number of hydrogen-bond donors (Lipinski definition) is 1. The van der Waals surface area contributed by atoms with Crippen molar-refractivity contribution in [3.63, 3.8) is 0 Å². The molecular weight excluding hydrogens is 368 g/mol. The molecule has 1 aromatic rings. The quantitative estimate of drug-likeness (QED) is 0.726. The van der Waals surface area contributed by atoms with Gasteiger partial charge < -0.3 is 19.9 Å². The van der Waals surface area contributed by atoms with Crippen molar-refractivity contribution in [3.8, 4) is 6.07 Å². The second-order valence-corrected chi connectivity index (χ2v) is 7.85. The van der Waals surface area contributed by atoms with Gasteiger partial charge in [0.25, 0.3) is 0 Å². The maximum Gasteiger partial charge on any atom is 0.318 e. The van der Waals surface area contributed by atoms with Crippen molar-refractivity contribution >= 4 is 11.9 Å².